The minimum Gasteiger partial charge on any atom is -0.493 e. The molecule has 0 saturated carbocycles. The summed E-state index contributed by atoms with van der Waals surface area (Å²) in [6.07, 6.45) is 1.63. The Hall–Kier alpha value is -2.75. The number of ether oxygens (including phenoxy) is 2. The lowest BCUT2D eigenvalue weighted by atomic mass is 10.0. The van der Waals surface area contributed by atoms with Crippen LogP contribution in [0.15, 0.2) is 12.1 Å². The molecule has 0 atom stereocenters. The summed E-state index contributed by atoms with van der Waals surface area (Å²) in [5.74, 6) is 1.55. The fourth-order valence-corrected chi connectivity index (χ4v) is 4.45. The number of fused-ring (bicyclic) bond motifs is 3. The molecule has 0 unspecified atom stereocenters. The topological polar surface area (TPSA) is 83.9 Å². The molecule has 10 heteroatoms. The van der Waals surface area contributed by atoms with Crippen LogP contribution in [-0.2, 0) is 17.6 Å². The number of likely N-dealkylation sites (tertiary alicyclic amines) is 1. The molecule has 2 aromatic rings. The zero-order chi connectivity index (χ0) is 23.8. The van der Waals surface area contributed by atoms with E-state index in [9.17, 15) is 13.2 Å². The molecular weight excluding hydrogens is 439 g/mol. The number of anilines is 1. The molecule has 1 aliphatic heterocycles. The Bertz CT molecular complexity index is 947. The number of nitrogens with one attached hydrogen (secondary N) is 1. The van der Waals surface area contributed by atoms with Gasteiger partial charge in [-0.1, -0.05) is 0 Å². The van der Waals surface area contributed by atoms with Crippen molar-refractivity contribution in [2.75, 3.05) is 45.2 Å². The third kappa shape index (κ3) is 6.63. The SMILES string of the molecule is COc1cc2c3c(c(NCC(F)(F)F)nc2cc1OCCCN1CCCC1)CCC3.O=CO. The van der Waals surface area contributed by atoms with E-state index in [0.717, 1.165) is 61.8 Å². The molecule has 0 bridgehead atoms. The Morgan fingerprint density at radius 3 is 2.52 bits per heavy atom. The number of alkyl halides is 3. The minimum atomic E-state index is -4.29. The van der Waals surface area contributed by atoms with Crippen LogP contribution < -0.4 is 14.8 Å². The maximum Gasteiger partial charge on any atom is 0.405 e. The number of hydrogen-bond donors (Lipinski definition) is 2. The highest BCUT2D eigenvalue weighted by atomic mass is 19.4. The zero-order valence-corrected chi connectivity index (χ0v) is 18.7. The van der Waals surface area contributed by atoms with E-state index < -0.39 is 12.7 Å². The lowest BCUT2D eigenvalue weighted by Crippen LogP contribution is -2.22. The van der Waals surface area contributed by atoms with Gasteiger partial charge in [0, 0.05) is 18.0 Å². The summed E-state index contributed by atoms with van der Waals surface area (Å²) in [4.78, 5) is 15.3. The van der Waals surface area contributed by atoms with Crippen molar-refractivity contribution >= 4 is 23.2 Å². The van der Waals surface area contributed by atoms with Gasteiger partial charge in [-0.2, -0.15) is 13.2 Å². The smallest absolute Gasteiger partial charge is 0.405 e. The molecule has 1 fully saturated rings. The van der Waals surface area contributed by atoms with Crippen molar-refractivity contribution in [2.45, 2.75) is 44.7 Å². The number of nitrogens with zero attached hydrogens (tertiary/aromatic N) is 2. The Morgan fingerprint density at radius 1 is 1.15 bits per heavy atom. The van der Waals surface area contributed by atoms with Crippen LogP contribution in [0, 0.1) is 0 Å². The molecule has 0 radical (unpaired) electrons. The van der Waals surface area contributed by atoms with Crippen LogP contribution in [-0.4, -0.2) is 67.5 Å². The number of hydrogen-bond acceptors (Lipinski definition) is 6. The van der Waals surface area contributed by atoms with E-state index in [2.05, 4.69) is 15.2 Å². The highest BCUT2D eigenvalue weighted by molar-refractivity contribution is 5.89. The summed E-state index contributed by atoms with van der Waals surface area (Å²) < 4.78 is 49.7. The van der Waals surface area contributed by atoms with Gasteiger partial charge in [0.05, 0.1) is 19.2 Å². The lowest BCUT2D eigenvalue weighted by Gasteiger charge is -2.18. The summed E-state index contributed by atoms with van der Waals surface area (Å²) in [6, 6.07) is 3.71. The van der Waals surface area contributed by atoms with Crippen molar-refractivity contribution in [3.63, 3.8) is 0 Å². The second kappa shape index (κ2) is 11.4. The molecule has 7 nitrogen and oxygen atoms in total. The van der Waals surface area contributed by atoms with Gasteiger partial charge in [-0.15, -0.1) is 0 Å². The second-order valence-electron chi connectivity index (χ2n) is 8.12. The van der Waals surface area contributed by atoms with Crippen LogP contribution in [0.1, 0.15) is 36.8 Å². The zero-order valence-electron chi connectivity index (χ0n) is 18.7. The van der Waals surface area contributed by atoms with Crippen LogP contribution in [0.25, 0.3) is 10.9 Å². The normalized spacial score (nSPS) is 15.6. The molecule has 2 N–H and O–H groups in total. The first kappa shape index (κ1) is 24.9. The predicted molar refractivity (Wildman–Crippen MR) is 119 cm³/mol. The van der Waals surface area contributed by atoms with Crippen LogP contribution >= 0.6 is 0 Å². The van der Waals surface area contributed by atoms with Gasteiger partial charge in [0.1, 0.15) is 12.4 Å². The maximum atomic E-state index is 12.7. The van der Waals surface area contributed by atoms with E-state index in [4.69, 9.17) is 19.4 Å². The van der Waals surface area contributed by atoms with Gasteiger partial charge in [-0.05, 0) is 68.8 Å². The monoisotopic (exact) mass is 469 g/mol. The van der Waals surface area contributed by atoms with Gasteiger partial charge >= 0.3 is 6.18 Å². The van der Waals surface area contributed by atoms with Gasteiger partial charge in [0.2, 0.25) is 0 Å². The molecule has 0 amide bonds. The molecule has 1 aromatic carbocycles. The van der Waals surface area contributed by atoms with Crippen molar-refractivity contribution in [2.24, 2.45) is 0 Å². The molecule has 1 saturated heterocycles. The molecule has 1 aromatic heterocycles. The van der Waals surface area contributed by atoms with Crippen LogP contribution in [0.3, 0.4) is 0 Å². The molecule has 33 heavy (non-hydrogen) atoms. The fourth-order valence-electron chi connectivity index (χ4n) is 4.45. The third-order valence-electron chi connectivity index (χ3n) is 5.87. The van der Waals surface area contributed by atoms with Gasteiger partial charge in [-0.25, -0.2) is 4.98 Å². The lowest BCUT2D eigenvalue weighted by molar-refractivity contribution is -0.123. The van der Waals surface area contributed by atoms with E-state index in [1.807, 2.05) is 6.07 Å². The summed E-state index contributed by atoms with van der Waals surface area (Å²) in [5.41, 5.74) is 2.58. The van der Waals surface area contributed by atoms with Crippen molar-refractivity contribution < 1.29 is 32.5 Å². The van der Waals surface area contributed by atoms with Gasteiger partial charge < -0.3 is 24.8 Å². The number of aryl methyl sites for hydroxylation is 1. The van der Waals surface area contributed by atoms with Crippen LogP contribution in [0.5, 0.6) is 11.5 Å². The molecule has 0 spiro atoms. The Morgan fingerprint density at radius 2 is 1.85 bits per heavy atom. The van der Waals surface area contributed by atoms with Crippen molar-refractivity contribution in [1.29, 1.82) is 0 Å². The van der Waals surface area contributed by atoms with Crippen molar-refractivity contribution in [3.05, 3.63) is 23.3 Å². The van der Waals surface area contributed by atoms with Gasteiger partial charge in [0.15, 0.2) is 11.5 Å². The number of carbonyl (C=O) groups is 1. The first-order valence-corrected chi connectivity index (χ1v) is 11.1. The maximum absolute atomic E-state index is 12.7. The fraction of sp³-hybridized carbons (Fsp3) is 0.565. The van der Waals surface area contributed by atoms with E-state index >= 15 is 0 Å². The van der Waals surface area contributed by atoms with E-state index in [1.165, 1.54) is 12.8 Å². The Balaban J connectivity index is 0.000000968. The molecule has 2 aliphatic rings. The van der Waals surface area contributed by atoms with E-state index in [-0.39, 0.29) is 6.47 Å². The number of rotatable bonds is 8. The van der Waals surface area contributed by atoms with Crippen molar-refractivity contribution in [3.8, 4) is 11.5 Å². The quantitative estimate of drug-likeness (QED) is 0.441. The largest absolute Gasteiger partial charge is 0.493 e. The Labute approximate surface area is 190 Å². The number of benzene rings is 1. The molecular formula is C23H30F3N3O4. The highest BCUT2D eigenvalue weighted by Gasteiger charge is 2.29. The summed E-state index contributed by atoms with van der Waals surface area (Å²) in [5, 5.41) is 10.3. The van der Waals surface area contributed by atoms with E-state index in [1.54, 1.807) is 13.2 Å². The standard InChI is InChI=1S/C22H28F3N3O2.CH2O2/c1-29-19-12-17-15-6-4-7-16(15)21(26-14-22(23,24)25)27-18(17)13-20(19)30-11-5-10-28-8-2-3-9-28;2-1-3/h12-13H,2-11,14H2,1H3,(H,26,27);1H,(H,2,3). The second-order valence-corrected chi connectivity index (χ2v) is 8.12. The summed E-state index contributed by atoms with van der Waals surface area (Å²) >= 11 is 0. The number of carboxylic acid groups (broad SMARTS) is 1. The average molecular weight is 470 g/mol. The predicted octanol–water partition coefficient (Wildman–Crippen LogP) is 4.27. The molecule has 182 valence electrons. The van der Waals surface area contributed by atoms with Gasteiger partial charge in [0.25, 0.3) is 6.47 Å². The minimum absolute atomic E-state index is 0.250. The van der Waals surface area contributed by atoms with Crippen LogP contribution in [0.2, 0.25) is 0 Å². The van der Waals surface area contributed by atoms with Crippen molar-refractivity contribution in [1.82, 2.24) is 9.88 Å². The number of aromatic nitrogens is 1. The van der Waals surface area contributed by atoms with Gasteiger partial charge in [-0.3, -0.25) is 4.79 Å². The third-order valence-corrected chi connectivity index (χ3v) is 5.87. The summed E-state index contributed by atoms with van der Waals surface area (Å²) in [7, 11) is 1.60. The summed E-state index contributed by atoms with van der Waals surface area (Å²) in [6.45, 7) is 2.54. The first-order chi connectivity index (χ1) is 15.9. The molecule has 2 heterocycles. The number of methoxy groups -OCH3 is 1. The number of pyridine rings is 1. The van der Waals surface area contributed by atoms with Crippen LogP contribution in [0.4, 0.5) is 19.0 Å². The molecule has 4 rings (SSSR count). The molecule has 1 aliphatic carbocycles. The van der Waals surface area contributed by atoms with E-state index in [0.29, 0.717) is 29.4 Å². The average Bonchev–Trinajstić information content (AvgIpc) is 3.47. The highest BCUT2D eigenvalue weighted by Crippen LogP contribution is 2.39. The first-order valence-electron chi connectivity index (χ1n) is 11.1. The number of halogens is 3. The Kier molecular flexibility index (Phi) is 8.60.